The van der Waals surface area contributed by atoms with E-state index in [0.717, 1.165) is 22.4 Å². The number of hydrogen-bond donors (Lipinski definition) is 0. The molecule has 1 aromatic carbocycles. The third-order valence-corrected chi connectivity index (χ3v) is 2.92. The fraction of sp³-hybridized carbons (Fsp3) is 0.0667. The van der Waals surface area contributed by atoms with Gasteiger partial charge in [-0.3, -0.25) is 9.78 Å². The normalized spacial score (nSPS) is 10.6. The van der Waals surface area contributed by atoms with Gasteiger partial charge in [0, 0.05) is 23.2 Å². The van der Waals surface area contributed by atoms with E-state index >= 15 is 0 Å². The number of carbonyl (C=O) groups is 1. The summed E-state index contributed by atoms with van der Waals surface area (Å²) in [6.45, 7) is 0. The molecule has 0 fully saturated rings. The van der Waals surface area contributed by atoms with Gasteiger partial charge in [-0.2, -0.15) is 0 Å². The van der Waals surface area contributed by atoms with Crippen molar-refractivity contribution in [2.24, 2.45) is 0 Å². The number of methoxy groups -OCH3 is 1. The molecule has 3 aromatic rings. The molecular formula is C15H11NO3. The minimum absolute atomic E-state index is 0.309. The number of fused-ring (bicyclic) bond motifs is 1. The van der Waals surface area contributed by atoms with Gasteiger partial charge in [-0.05, 0) is 30.3 Å². The van der Waals surface area contributed by atoms with Crippen LogP contribution in [0, 0.1) is 0 Å². The lowest BCUT2D eigenvalue weighted by atomic mass is 10.1. The quantitative estimate of drug-likeness (QED) is 0.672. The number of hydrogen-bond acceptors (Lipinski definition) is 4. The zero-order valence-corrected chi connectivity index (χ0v) is 10.3. The highest BCUT2D eigenvalue weighted by Crippen LogP contribution is 2.25. The van der Waals surface area contributed by atoms with Crippen LogP contribution in [0.25, 0.3) is 22.2 Å². The minimum atomic E-state index is 0.309. The Morgan fingerprint density at radius 2 is 2.00 bits per heavy atom. The Morgan fingerprint density at radius 3 is 2.68 bits per heavy atom. The summed E-state index contributed by atoms with van der Waals surface area (Å²) in [5.41, 5.74) is 2.41. The lowest BCUT2D eigenvalue weighted by Crippen LogP contribution is -1.84. The molecule has 0 saturated heterocycles. The number of pyridine rings is 1. The summed E-state index contributed by atoms with van der Waals surface area (Å²) in [6.07, 6.45) is 2.39. The Balaban J connectivity index is 2.05. The Hall–Kier alpha value is -2.62. The number of rotatable bonds is 3. The molecule has 0 aliphatic carbocycles. The average molecular weight is 253 g/mol. The first-order valence-corrected chi connectivity index (χ1v) is 5.79. The monoisotopic (exact) mass is 253 g/mol. The van der Waals surface area contributed by atoms with E-state index in [-0.39, 0.29) is 0 Å². The average Bonchev–Trinajstić information content (AvgIpc) is 2.89. The van der Waals surface area contributed by atoms with Crippen LogP contribution in [0.2, 0.25) is 0 Å². The number of ether oxygens (including phenoxy) is 1. The molecule has 0 aliphatic rings. The molecule has 19 heavy (non-hydrogen) atoms. The molecule has 0 saturated carbocycles. The van der Waals surface area contributed by atoms with E-state index < -0.39 is 0 Å². The topological polar surface area (TPSA) is 52.3 Å². The van der Waals surface area contributed by atoms with Crippen LogP contribution < -0.4 is 4.74 Å². The largest absolute Gasteiger partial charge is 0.497 e. The molecule has 0 N–H and O–H groups in total. The molecule has 2 aromatic heterocycles. The molecule has 4 heteroatoms. The Bertz CT molecular complexity index is 729. The number of aldehydes is 1. The highest BCUT2D eigenvalue weighted by Gasteiger charge is 2.06. The van der Waals surface area contributed by atoms with Crippen molar-refractivity contribution in [3.63, 3.8) is 0 Å². The summed E-state index contributed by atoms with van der Waals surface area (Å²) in [5, 5.41) is 0.819. The lowest BCUT2D eigenvalue weighted by molar-refractivity contribution is 0.110. The maximum atomic E-state index is 10.7. The Morgan fingerprint density at radius 1 is 1.21 bits per heavy atom. The molecular weight excluding hydrogens is 242 g/mol. The van der Waals surface area contributed by atoms with E-state index in [4.69, 9.17) is 9.15 Å². The standard InChI is InChI=1S/C15H11NO3/c1-18-12-4-2-10(3-5-12)14-7-15-11(8-16-14)6-13(9-17)19-15/h2-9H,1H3. The minimum Gasteiger partial charge on any atom is -0.497 e. The third-order valence-electron chi connectivity index (χ3n) is 2.92. The predicted molar refractivity (Wildman–Crippen MR) is 71.4 cm³/mol. The number of aromatic nitrogens is 1. The van der Waals surface area contributed by atoms with Crippen molar-refractivity contribution in [1.29, 1.82) is 0 Å². The van der Waals surface area contributed by atoms with Crippen LogP contribution in [-0.4, -0.2) is 18.4 Å². The van der Waals surface area contributed by atoms with Crippen LogP contribution in [0.5, 0.6) is 5.75 Å². The molecule has 94 valence electrons. The van der Waals surface area contributed by atoms with Crippen LogP contribution in [0.1, 0.15) is 10.6 Å². The zero-order chi connectivity index (χ0) is 13.2. The fourth-order valence-corrected chi connectivity index (χ4v) is 1.93. The molecule has 0 amide bonds. The summed E-state index contributed by atoms with van der Waals surface area (Å²) < 4.78 is 10.5. The first-order chi connectivity index (χ1) is 9.30. The van der Waals surface area contributed by atoms with Crippen molar-refractivity contribution in [1.82, 2.24) is 4.98 Å². The van der Waals surface area contributed by atoms with Crippen molar-refractivity contribution in [3.05, 3.63) is 48.4 Å². The van der Waals surface area contributed by atoms with E-state index in [0.29, 0.717) is 17.6 Å². The van der Waals surface area contributed by atoms with Gasteiger partial charge in [0.2, 0.25) is 0 Å². The van der Waals surface area contributed by atoms with Crippen molar-refractivity contribution >= 4 is 17.3 Å². The van der Waals surface area contributed by atoms with E-state index in [1.54, 1.807) is 19.4 Å². The summed E-state index contributed by atoms with van der Waals surface area (Å²) >= 11 is 0. The molecule has 0 bridgehead atoms. The van der Waals surface area contributed by atoms with Gasteiger partial charge in [-0.25, -0.2) is 0 Å². The van der Waals surface area contributed by atoms with Gasteiger partial charge >= 0.3 is 0 Å². The lowest BCUT2D eigenvalue weighted by Gasteiger charge is -2.02. The molecule has 0 spiro atoms. The second-order valence-corrected chi connectivity index (χ2v) is 4.10. The van der Waals surface area contributed by atoms with Gasteiger partial charge in [0.15, 0.2) is 12.0 Å². The highest BCUT2D eigenvalue weighted by atomic mass is 16.5. The maximum absolute atomic E-state index is 10.7. The number of nitrogens with zero attached hydrogens (tertiary/aromatic N) is 1. The van der Waals surface area contributed by atoms with E-state index in [1.165, 1.54) is 0 Å². The predicted octanol–water partition coefficient (Wildman–Crippen LogP) is 3.32. The van der Waals surface area contributed by atoms with Gasteiger partial charge in [-0.1, -0.05) is 0 Å². The number of carbonyl (C=O) groups excluding carboxylic acids is 1. The van der Waals surface area contributed by atoms with Gasteiger partial charge in [0.1, 0.15) is 11.3 Å². The number of benzene rings is 1. The van der Waals surface area contributed by atoms with Gasteiger partial charge in [-0.15, -0.1) is 0 Å². The van der Waals surface area contributed by atoms with Crippen molar-refractivity contribution in [2.75, 3.05) is 7.11 Å². The highest BCUT2D eigenvalue weighted by molar-refractivity contribution is 5.86. The van der Waals surface area contributed by atoms with E-state index in [9.17, 15) is 4.79 Å². The smallest absolute Gasteiger partial charge is 0.185 e. The fourth-order valence-electron chi connectivity index (χ4n) is 1.93. The summed E-state index contributed by atoms with van der Waals surface area (Å²) in [6, 6.07) is 11.1. The van der Waals surface area contributed by atoms with Crippen LogP contribution in [-0.2, 0) is 0 Å². The first kappa shape index (κ1) is 11.5. The second-order valence-electron chi connectivity index (χ2n) is 4.10. The van der Waals surface area contributed by atoms with Crippen LogP contribution >= 0.6 is 0 Å². The summed E-state index contributed by atoms with van der Waals surface area (Å²) in [7, 11) is 1.63. The van der Waals surface area contributed by atoms with Gasteiger partial charge in [0.05, 0.1) is 12.8 Å². The molecule has 0 unspecified atom stereocenters. The van der Waals surface area contributed by atoms with Crippen LogP contribution in [0.15, 0.2) is 47.0 Å². The first-order valence-electron chi connectivity index (χ1n) is 5.79. The van der Waals surface area contributed by atoms with Crippen molar-refractivity contribution < 1.29 is 13.9 Å². The third kappa shape index (κ3) is 2.08. The molecule has 0 radical (unpaired) electrons. The zero-order valence-electron chi connectivity index (χ0n) is 10.3. The Kier molecular flexibility index (Phi) is 2.76. The molecule has 4 nitrogen and oxygen atoms in total. The van der Waals surface area contributed by atoms with Crippen molar-refractivity contribution in [2.45, 2.75) is 0 Å². The molecule has 0 aliphatic heterocycles. The van der Waals surface area contributed by atoms with Crippen molar-refractivity contribution in [3.8, 4) is 17.0 Å². The summed E-state index contributed by atoms with van der Waals surface area (Å²) in [5.74, 6) is 1.11. The van der Waals surface area contributed by atoms with E-state index in [1.807, 2.05) is 30.3 Å². The molecule has 2 heterocycles. The van der Waals surface area contributed by atoms with Crippen LogP contribution in [0.4, 0.5) is 0 Å². The Labute approximate surface area is 109 Å². The second kappa shape index (κ2) is 4.57. The molecule has 3 rings (SSSR count). The number of furan rings is 1. The summed E-state index contributed by atoms with van der Waals surface area (Å²) in [4.78, 5) is 15.0. The van der Waals surface area contributed by atoms with Gasteiger partial charge in [0.25, 0.3) is 0 Å². The maximum Gasteiger partial charge on any atom is 0.185 e. The molecule has 0 atom stereocenters. The SMILES string of the molecule is COc1ccc(-c2cc3oc(C=O)cc3cn2)cc1. The van der Waals surface area contributed by atoms with E-state index in [2.05, 4.69) is 4.98 Å². The van der Waals surface area contributed by atoms with Gasteiger partial charge < -0.3 is 9.15 Å². The van der Waals surface area contributed by atoms with Crippen LogP contribution in [0.3, 0.4) is 0 Å².